The van der Waals surface area contributed by atoms with E-state index in [0.717, 1.165) is 50.5 Å². The Kier molecular flexibility index (Phi) is 5.15. The van der Waals surface area contributed by atoms with Crippen LogP contribution in [-0.2, 0) is 9.53 Å². The molecule has 2 fully saturated rings. The van der Waals surface area contributed by atoms with E-state index in [4.69, 9.17) is 4.74 Å². The number of rotatable bonds is 2. The standard InChI is InChI=1S/C27H33N3O3/c1-16(31)30-15-18(14-28)25(29-30)24-8-7-22-21-6-5-19-13-20(33-17(2)32)9-11-26(19,3)23(21)10-12-27(22,24)4/h5,8,15,20-23H,6-7,9-13H2,1-4H3/t20-,21-,22-,23-,26-,27-/m0/s1. The summed E-state index contributed by atoms with van der Waals surface area (Å²) in [6.45, 7) is 7.76. The van der Waals surface area contributed by atoms with Gasteiger partial charge in [0.05, 0.1) is 11.8 Å². The van der Waals surface area contributed by atoms with E-state index in [1.54, 1.807) is 6.20 Å². The minimum absolute atomic E-state index is 0.0211. The number of carbonyl (C=O) groups is 2. The van der Waals surface area contributed by atoms with E-state index in [2.05, 4.69) is 37.2 Å². The van der Waals surface area contributed by atoms with Gasteiger partial charge in [0.2, 0.25) is 5.91 Å². The minimum atomic E-state index is -0.181. The van der Waals surface area contributed by atoms with Crippen molar-refractivity contribution >= 4 is 17.4 Å². The van der Waals surface area contributed by atoms with Crippen LogP contribution in [-0.4, -0.2) is 27.8 Å². The summed E-state index contributed by atoms with van der Waals surface area (Å²) < 4.78 is 6.86. The number of ether oxygens (including phenoxy) is 1. The molecule has 0 spiro atoms. The zero-order valence-electron chi connectivity index (χ0n) is 20.1. The van der Waals surface area contributed by atoms with Gasteiger partial charge in [-0.05, 0) is 72.7 Å². The SMILES string of the molecule is CC(=O)O[C@H]1CC[C@@]2(C)C(=CC[C@@H]3[C@@H]2CC[C@]2(C)C(c4nn(C(C)=O)cc4C#N)=CC[C@@H]32)C1. The lowest BCUT2D eigenvalue weighted by atomic mass is 9.47. The molecule has 1 heterocycles. The van der Waals surface area contributed by atoms with E-state index < -0.39 is 0 Å². The molecule has 0 bridgehead atoms. The van der Waals surface area contributed by atoms with Gasteiger partial charge in [0.25, 0.3) is 0 Å². The van der Waals surface area contributed by atoms with Crippen LogP contribution in [0.2, 0.25) is 0 Å². The summed E-state index contributed by atoms with van der Waals surface area (Å²) in [6.07, 6.45) is 13.5. The second-order valence-corrected chi connectivity index (χ2v) is 11.0. The topological polar surface area (TPSA) is 85.0 Å². The molecular formula is C27H33N3O3. The van der Waals surface area contributed by atoms with Crippen molar-refractivity contribution in [2.24, 2.45) is 28.6 Å². The van der Waals surface area contributed by atoms with Gasteiger partial charge in [0.1, 0.15) is 17.9 Å². The molecule has 0 aliphatic heterocycles. The molecule has 5 rings (SSSR count). The fourth-order valence-corrected chi connectivity index (χ4v) is 7.71. The molecule has 0 N–H and O–H groups in total. The smallest absolute Gasteiger partial charge is 0.302 e. The minimum Gasteiger partial charge on any atom is -0.462 e. The number of nitrogens with zero attached hydrogens (tertiary/aromatic N) is 3. The Morgan fingerprint density at radius 3 is 2.58 bits per heavy atom. The first-order valence-corrected chi connectivity index (χ1v) is 12.3. The number of carbonyl (C=O) groups excluding carboxylic acids is 2. The molecule has 6 nitrogen and oxygen atoms in total. The maximum Gasteiger partial charge on any atom is 0.302 e. The lowest BCUT2D eigenvalue weighted by Crippen LogP contribution is -2.50. The monoisotopic (exact) mass is 447 g/mol. The molecule has 0 amide bonds. The molecule has 0 unspecified atom stereocenters. The Bertz CT molecular complexity index is 1120. The molecule has 33 heavy (non-hydrogen) atoms. The number of allylic oxidation sites excluding steroid dienone is 3. The van der Waals surface area contributed by atoms with Crippen LogP contribution in [0.3, 0.4) is 0 Å². The zero-order valence-corrected chi connectivity index (χ0v) is 20.1. The predicted molar refractivity (Wildman–Crippen MR) is 124 cm³/mol. The highest BCUT2D eigenvalue weighted by Gasteiger charge is 2.57. The largest absolute Gasteiger partial charge is 0.462 e. The highest BCUT2D eigenvalue weighted by atomic mass is 16.5. The molecular weight excluding hydrogens is 414 g/mol. The van der Waals surface area contributed by atoms with Gasteiger partial charge in [0.15, 0.2) is 0 Å². The summed E-state index contributed by atoms with van der Waals surface area (Å²) in [5.41, 5.74) is 3.97. The molecule has 0 radical (unpaired) electrons. The van der Waals surface area contributed by atoms with Crippen molar-refractivity contribution in [3.63, 3.8) is 0 Å². The lowest BCUT2D eigenvalue weighted by Gasteiger charge is -2.57. The molecule has 6 atom stereocenters. The number of aromatic nitrogens is 2. The quantitative estimate of drug-likeness (QED) is 0.453. The van der Waals surface area contributed by atoms with E-state index in [-0.39, 0.29) is 28.8 Å². The van der Waals surface area contributed by atoms with Crippen LogP contribution in [0.15, 0.2) is 23.9 Å². The number of hydrogen-bond donors (Lipinski definition) is 0. The van der Waals surface area contributed by atoms with Crippen molar-refractivity contribution < 1.29 is 14.3 Å². The molecule has 0 aromatic carbocycles. The van der Waals surface area contributed by atoms with E-state index in [0.29, 0.717) is 29.0 Å². The van der Waals surface area contributed by atoms with Crippen LogP contribution in [0.25, 0.3) is 5.57 Å². The zero-order chi connectivity index (χ0) is 23.5. The molecule has 174 valence electrons. The predicted octanol–water partition coefficient (Wildman–Crippen LogP) is 5.30. The van der Waals surface area contributed by atoms with E-state index >= 15 is 0 Å². The summed E-state index contributed by atoms with van der Waals surface area (Å²) >= 11 is 0. The van der Waals surface area contributed by atoms with Gasteiger partial charge in [-0.25, -0.2) is 4.68 Å². The Balaban J connectivity index is 1.43. The van der Waals surface area contributed by atoms with Crippen molar-refractivity contribution in [1.29, 1.82) is 5.26 Å². The summed E-state index contributed by atoms with van der Waals surface area (Å²) in [6, 6.07) is 2.26. The van der Waals surface area contributed by atoms with E-state index in [9.17, 15) is 14.9 Å². The number of esters is 1. The van der Waals surface area contributed by atoms with Crippen LogP contribution in [0.4, 0.5) is 0 Å². The lowest BCUT2D eigenvalue weighted by molar-refractivity contribution is -0.148. The average Bonchev–Trinajstić information content (AvgIpc) is 3.34. The van der Waals surface area contributed by atoms with E-state index in [1.807, 2.05) is 0 Å². The third-order valence-corrected chi connectivity index (χ3v) is 9.38. The van der Waals surface area contributed by atoms with Crippen LogP contribution in [0.5, 0.6) is 0 Å². The normalized spacial score (nSPS) is 37.1. The van der Waals surface area contributed by atoms with Gasteiger partial charge >= 0.3 is 5.97 Å². The fourth-order valence-electron chi connectivity index (χ4n) is 7.71. The third-order valence-electron chi connectivity index (χ3n) is 9.38. The van der Waals surface area contributed by atoms with Gasteiger partial charge in [-0.1, -0.05) is 31.6 Å². The highest BCUT2D eigenvalue weighted by Crippen LogP contribution is 2.66. The summed E-state index contributed by atoms with van der Waals surface area (Å²) in [5.74, 6) is 1.38. The first kappa shape index (κ1) is 22.1. The third kappa shape index (κ3) is 3.31. The van der Waals surface area contributed by atoms with Crippen LogP contribution in [0, 0.1) is 39.9 Å². The molecule has 1 aromatic rings. The first-order valence-electron chi connectivity index (χ1n) is 12.3. The Labute approximate surface area is 195 Å². The van der Waals surface area contributed by atoms with Gasteiger partial charge in [-0.2, -0.15) is 10.4 Å². The Morgan fingerprint density at radius 2 is 1.88 bits per heavy atom. The maximum atomic E-state index is 11.9. The molecule has 4 aliphatic carbocycles. The highest BCUT2D eigenvalue weighted by molar-refractivity contribution is 5.79. The molecule has 4 aliphatic rings. The first-order chi connectivity index (χ1) is 15.7. The average molecular weight is 448 g/mol. The summed E-state index contributed by atoms with van der Waals surface area (Å²) in [7, 11) is 0. The second kappa shape index (κ2) is 7.68. The van der Waals surface area contributed by atoms with Gasteiger partial charge in [0, 0.05) is 20.3 Å². The Morgan fingerprint density at radius 1 is 1.12 bits per heavy atom. The van der Waals surface area contributed by atoms with Crippen molar-refractivity contribution in [2.45, 2.75) is 78.7 Å². The van der Waals surface area contributed by atoms with Crippen molar-refractivity contribution in [3.05, 3.63) is 35.2 Å². The van der Waals surface area contributed by atoms with Gasteiger partial charge < -0.3 is 4.74 Å². The maximum absolute atomic E-state index is 11.9. The fraction of sp³-hybridized carbons (Fsp3) is 0.630. The summed E-state index contributed by atoms with van der Waals surface area (Å²) in [4.78, 5) is 23.4. The molecule has 2 saturated carbocycles. The van der Waals surface area contributed by atoms with Crippen molar-refractivity contribution in [2.75, 3.05) is 0 Å². The molecule has 0 saturated heterocycles. The van der Waals surface area contributed by atoms with Crippen LogP contribution in [0.1, 0.15) is 88.7 Å². The summed E-state index contributed by atoms with van der Waals surface area (Å²) in [5, 5.41) is 14.2. The van der Waals surface area contributed by atoms with Gasteiger partial charge in [-0.15, -0.1) is 0 Å². The van der Waals surface area contributed by atoms with Crippen molar-refractivity contribution in [3.8, 4) is 6.07 Å². The van der Waals surface area contributed by atoms with E-state index in [1.165, 1.54) is 24.1 Å². The number of hydrogen-bond acceptors (Lipinski definition) is 5. The van der Waals surface area contributed by atoms with Crippen LogP contribution < -0.4 is 0 Å². The second-order valence-electron chi connectivity index (χ2n) is 11.0. The number of fused-ring (bicyclic) bond motifs is 5. The van der Waals surface area contributed by atoms with Gasteiger partial charge in [-0.3, -0.25) is 9.59 Å². The van der Waals surface area contributed by atoms with Crippen LogP contribution >= 0.6 is 0 Å². The van der Waals surface area contributed by atoms with Crippen molar-refractivity contribution in [1.82, 2.24) is 9.78 Å². The molecule has 6 heteroatoms. The Hall–Kier alpha value is -2.68. The number of nitriles is 1. The molecule has 1 aromatic heterocycles.